The lowest BCUT2D eigenvalue weighted by molar-refractivity contribution is -0.137. The maximum absolute atomic E-state index is 13.0. The lowest BCUT2D eigenvalue weighted by Gasteiger charge is -2.32. The van der Waals surface area contributed by atoms with Crippen LogP contribution in [0.4, 0.5) is 4.39 Å². The molecular formula is C18H19FN2O3S. The highest BCUT2D eigenvalue weighted by molar-refractivity contribution is 7.13. The fraction of sp³-hybridized carbons (Fsp3) is 0.389. The van der Waals surface area contributed by atoms with Crippen LogP contribution in [-0.4, -0.2) is 40.0 Å². The number of benzene rings is 1. The zero-order valence-electron chi connectivity index (χ0n) is 13.7. The topological polar surface area (TPSA) is 70.5 Å². The van der Waals surface area contributed by atoms with Gasteiger partial charge in [-0.15, -0.1) is 11.3 Å². The van der Waals surface area contributed by atoms with Gasteiger partial charge >= 0.3 is 5.97 Å². The van der Waals surface area contributed by atoms with Crippen LogP contribution in [0.1, 0.15) is 36.2 Å². The number of hydrogen-bond donors (Lipinski definition) is 1. The first-order chi connectivity index (χ1) is 12.0. The van der Waals surface area contributed by atoms with Crippen LogP contribution in [0.3, 0.4) is 0 Å². The number of amides is 1. The van der Waals surface area contributed by atoms with E-state index in [1.165, 1.54) is 23.5 Å². The number of carboxylic acid groups (broad SMARTS) is 1. The maximum Gasteiger partial charge on any atom is 0.303 e. The third-order valence-corrected chi connectivity index (χ3v) is 5.28. The van der Waals surface area contributed by atoms with Gasteiger partial charge in [0.1, 0.15) is 16.5 Å². The molecular weight excluding hydrogens is 343 g/mol. The maximum atomic E-state index is 13.0. The first kappa shape index (κ1) is 17.5. The number of halogens is 1. The van der Waals surface area contributed by atoms with Gasteiger partial charge in [-0.1, -0.05) is 0 Å². The highest BCUT2D eigenvalue weighted by atomic mass is 32.1. The SMILES string of the molecule is O=C(O)CC[C@@H]1CCCN(C(=O)c2csc(-c3ccc(F)cc3)n2)C1. The summed E-state index contributed by atoms with van der Waals surface area (Å²) in [5.74, 6) is -1.00. The van der Waals surface area contributed by atoms with Crippen LogP contribution in [0.2, 0.25) is 0 Å². The van der Waals surface area contributed by atoms with E-state index in [4.69, 9.17) is 5.11 Å². The summed E-state index contributed by atoms with van der Waals surface area (Å²) in [5, 5.41) is 11.2. The zero-order chi connectivity index (χ0) is 17.8. The third kappa shape index (κ3) is 4.42. The van der Waals surface area contributed by atoms with Crippen molar-refractivity contribution in [2.24, 2.45) is 5.92 Å². The number of rotatable bonds is 5. The lowest BCUT2D eigenvalue weighted by atomic mass is 9.93. The number of likely N-dealkylation sites (tertiary alicyclic amines) is 1. The molecule has 25 heavy (non-hydrogen) atoms. The number of thiazole rings is 1. The Morgan fingerprint density at radius 1 is 1.32 bits per heavy atom. The predicted octanol–water partition coefficient (Wildman–Crippen LogP) is 3.67. The third-order valence-electron chi connectivity index (χ3n) is 4.39. The van der Waals surface area contributed by atoms with Crippen LogP contribution in [0.15, 0.2) is 29.6 Å². The summed E-state index contributed by atoms with van der Waals surface area (Å²) in [6.07, 6.45) is 2.56. The van der Waals surface area contributed by atoms with Crippen molar-refractivity contribution in [3.63, 3.8) is 0 Å². The molecule has 0 saturated carbocycles. The summed E-state index contributed by atoms with van der Waals surface area (Å²) >= 11 is 1.36. The molecule has 1 aliphatic heterocycles. The zero-order valence-corrected chi connectivity index (χ0v) is 14.5. The van der Waals surface area contributed by atoms with Gasteiger partial charge in [-0.3, -0.25) is 9.59 Å². The summed E-state index contributed by atoms with van der Waals surface area (Å²) in [6.45, 7) is 1.25. The van der Waals surface area contributed by atoms with Crippen molar-refractivity contribution in [1.82, 2.24) is 9.88 Å². The number of hydrogen-bond acceptors (Lipinski definition) is 4. The Morgan fingerprint density at radius 2 is 2.08 bits per heavy atom. The van der Waals surface area contributed by atoms with Gasteiger partial charge in [-0.25, -0.2) is 9.37 Å². The number of carbonyl (C=O) groups excluding carboxylic acids is 1. The average Bonchev–Trinajstić information content (AvgIpc) is 3.10. The van der Waals surface area contributed by atoms with Crippen molar-refractivity contribution in [2.45, 2.75) is 25.7 Å². The highest BCUT2D eigenvalue weighted by Crippen LogP contribution is 2.26. The minimum Gasteiger partial charge on any atom is -0.481 e. The van der Waals surface area contributed by atoms with E-state index in [0.29, 0.717) is 30.2 Å². The van der Waals surface area contributed by atoms with Gasteiger partial charge in [0.25, 0.3) is 5.91 Å². The molecule has 0 radical (unpaired) electrons. The minimum absolute atomic E-state index is 0.121. The molecule has 1 aromatic heterocycles. The van der Waals surface area contributed by atoms with Crippen LogP contribution >= 0.6 is 11.3 Å². The van der Waals surface area contributed by atoms with Crippen molar-refractivity contribution in [2.75, 3.05) is 13.1 Å². The van der Waals surface area contributed by atoms with Crippen LogP contribution in [0.5, 0.6) is 0 Å². The summed E-state index contributed by atoms with van der Waals surface area (Å²) in [7, 11) is 0. The molecule has 1 fully saturated rings. The molecule has 1 amide bonds. The Labute approximate surface area is 149 Å². The molecule has 2 heterocycles. The Bertz CT molecular complexity index is 760. The number of aromatic nitrogens is 1. The molecule has 5 nitrogen and oxygen atoms in total. The molecule has 1 saturated heterocycles. The predicted molar refractivity (Wildman–Crippen MR) is 93.0 cm³/mol. The molecule has 0 aliphatic carbocycles. The second-order valence-electron chi connectivity index (χ2n) is 6.24. The fourth-order valence-corrected chi connectivity index (χ4v) is 3.87. The molecule has 2 aromatic rings. The van der Waals surface area contributed by atoms with Crippen LogP contribution in [0, 0.1) is 11.7 Å². The van der Waals surface area contributed by atoms with Crippen molar-refractivity contribution in [1.29, 1.82) is 0 Å². The second kappa shape index (κ2) is 7.74. The highest BCUT2D eigenvalue weighted by Gasteiger charge is 2.26. The van der Waals surface area contributed by atoms with Crippen molar-refractivity contribution in [3.05, 3.63) is 41.2 Å². The van der Waals surface area contributed by atoms with Gasteiger partial charge in [0.2, 0.25) is 0 Å². The van der Waals surface area contributed by atoms with Gasteiger partial charge < -0.3 is 10.0 Å². The minimum atomic E-state index is -0.799. The molecule has 0 spiro atoms. The molecule has 1 atom stereocenters. The van der Waals surface area contributed by atoms with Gasteiger partial charge in [-0.05, 0) is 49.4 Å². The van der Waals surface area contributed by atoms with E-state index in [0.717, 1.165) is 18.4 Å². The van der Waals surface area contributed by atoms with Crippen molar-refractivity contribution in [3.8, 4) is 10.6 Å². The van der Waals surface area contributed by atoms with Crippen LogP contribution in [0.25, 0.3) is 10.6 Å². The Hall–Kier alpha value is -2.28. The second-order valence-corrected chi connectivity index (χ2v) is 7.09. The van der Waals surface area contributed by atoms with E-state index in [-0.39, 0.29) is 24.1 Å². The summed E-state index contributed by atoms with van der Waals surface area (Å²) in [4.78, 5) is 29.6. The Morgan fingerprint density at radius 3 is 2.80 bits per heavy atom. The lowest BCUT2D eigenvalue weighted by Crippen LogP contribution is -2.40. The first-order valence-corrected chi connectivity index (χ1v) is 9.13. The normalized spacial score (nSPS) is 17.5. The smallest absolute Gasteiger partial charge is 0.303 e. The van der Waals surface area contributed by atoms with Crippen LogP contribution < -0.4 is 0 Å². The molecule has 1 N–H and O–H groups in total. The number of carboxylic acids is 1. The fourth-order valence-electron chi connectivity index (χ4n) is 3.07. The molecule has 132 valence electrons. The molecule has 1 aromatic carbocycles. The van der Waals surface area contributed by atoms with Crippen molar-refractivity contribution < 1.29 is 19.1 Å². The average molecular weight is 362 g/mol. The molecule has 0 unspecified atom stereocenters. The van der Waals surface area contributed by atoms with E-state index in [9.17, 15) is 14.0 Å². The number of carbonyl (C=O) groups is 2. The van der Waals surface area contributed by atoms with E-state index in [2.05, 4.69) is 4.98 Å². The first-order valence-electron chi connectivity index (χ1n) is 8.25. The molecule has 3 rings (SSSR count). The Balaban J connectivity index is 1.66. The van der Waals surface area contributed by atoms with E-state index in [1.54, 1.807) is 22.4 Å². The summed E-state index contributed by atoms with van der Waals surface area (Å²) in [6, 6.07) is 6.03. The van der Waals surface area contributed by atoms with Gasteiger partial charge in [0, 0.05) is 30.5 Å². The number of aliphatic carboxylic acids is 1. The largest absolute Gasteiger partial charge is 0.481 e. The van der Waals surface area contributed by atoms with Gasteiger partial charge in [0.15, 0.2) is 0 Å². The van der Waals surface area contributed by atoms with Gasteiger partial charge in [-0.2, -0.15) is 0 Å². The van der Waals surface area contributed by atoms with Crippen LogP contribution in [-0.2, 0) is 4.79 Å². The van der Waals surface area contributed by atoms with E-state index >= 15 is 0 Å². The summed E-state index contributed by atoms with van der Waals surface area (Å²) < 4.78 is 13.0. The summed E-state index contributed by atoms with van der Waals surface area (Å²) in [5.41, 5.74) is 1.17. The standard InChI is InChI=1S/C18H19FN2O3S/c19-14-6-4-13(5-7-14)17-20-15(11-25-17)18(24)21-9-1-2-12(10-21)3-8-16(22)23/h4-7,11-12H,1-3,8-10H2,(H,22,23)/t12-/m0/s1. The molecule has 0 bridgehead atoms. The van der Waals surface area contributed by atoms with Gasteiger partial charge in [0.05, 0.1) is 0 Å². The Kier molecular flexibility index (Phi) is 5.43. The monoisotopic (exact) mass is 362 g/mol. The van der Waals surface area contributed by atoms with E-state index < -0.39 is 5.97 Å². The molecule has 7 heteroatoms. The quantitative estimate of drug-likeness (QED) is 0.881. The number of nitrogens with zero attached hydrogens (tertiary/aromatic N) is 2. The number of piperidine rings is 1. The van der Waals surface area contributed by atoms with Crippen molar-refractivity contribution >= 4 is 23.2 Å². The molecule has 1 aliphatic rings. The van der Waals surface area contributed by atoms with E-state index in [1.807, 2.05) is 0 Å².